The molecule has 0 radical (unpaired) electrons. The van der Waals surface area contributed by atoms with E-state index in [1.165, 1.54) is 13.0 Å². The van der Waals surface area contributed by atoms with E-state index in [0.29, 0.717) is 11.9 Å². The van der Waals surface area contributed by atoms with E-state index in [1.54, 1.807) is 0 Å². The summed E-state index contributed by atoms with van der Waals surface area (Å²) in [6.07, 6.45) is 3.21. The van der Waals surface area contributed by atoms with E-state index in [9.17, 15) is 0 Å². The summed E-state index contributed by atoms with van der Waals surface area (Å²) < 4.78 is 0. The van der Waals surface area contributed by atoms with Gasteiger partial charge in [-0.05, 0) is 39.4 Å². The van der Waals surface area contributed by atoms with Gasteiger partial charge in [0.1, 0.15) is 5.84 Å². The molecule has 5 heteroatoms. The Bertz CT molecular complexity index is 265. The highest BCUT2D eigenvalue weighted by Gasteiger charge is 2.23. The Labute approximate surface area is 104 Å². The van der Waals surface area contributed by atoms with E-state index in [4.69, 9.17) is 10.9 Å². The van der Waals surface area contributed by atoms with Gasteiger partial charge in [0, 0.05) is 18.0 Å². The number of likely N-dealkylation sites (tertiary alicyclic amines) is 1. The van der Waals surface area contributed by atoms with Gasteiger partial charge in [0.15, 0.2) is 0 Å². The summed E-state index contributed by atoms with van der Waals surface area (Å²) in [4.78, 5) is 2.35. The first-order chi connectivity index (χ1) is 7.95. The van der Waals surface area contributed by atoms with Crippen LogP contribution in [0.1, 0.15) is 33.1 Å². The van der Waals surface area contributed by atoms with Crippen molar-refractivity contribution in [1.29, 1.82) is 0 Å². The first-order valence-electron chi connectivity index (χ1n) is 6.35. The lowest BCUT2D eigenvalue weighted by Crippen LogP contribution is -2.35. The van der Waals surface area contributed by atoms with Gasteiger partial charge >= 0.3 is 0 Å². The molecule has 1 aliphatic rings. The third kappa shape index (κ3) is 4.52. The van der Waals surface area contributed by atoms with Crippen LogP contribution in [0.25, 0.3) is 0 Å². The van der Waals surface area contributed by atoms with E-state index in [0.717, 1.165) is 25.9 Å². The second-order valence-corrected chi connectivity index (χ2v) is 5.67. The van der Waals surface area contributed by atoms with Crippen LogP contribution in [0.2, 0.25) is 0 Å². The fraction of sp³-hybridized carbons (Fsp3) is 0.917. The zero-order chi connectivity index (χ0) is 12.9. The summed E-state index contributed by atoms with van der Waals surface area (Å²) in [5.74, 6) is 0.318. The Morgan fingerprint density at radius 1 is 1.59 bits per heavy atom. The smallest absolute Gasteiger partial charge is 0.144 e. The number of hydrogen-bond acceptors (Lipinski definition) is 4. The van der Waals surface area contributed by atoms with Gasteiger partial charge in [-0.25, -0.2) is 0 Å². The minimum atomic E-state index is -0.219. The molecule has 0 aromatic rings. The molecule has 0 bridgehead atoms. The van der Waals surface area contributed by atoms with Crippen LogP contribution in [-0.2, 0) is 0 Å². The van der Waals surface area contributed by atoms with Crippen molar-refractivity contribution in [2.75, 3.05) is 26.7 Å². The minimum absolute atomic E-state index is 0.219. The summed E-state index contributed by atoms with van der Waals surface area (Å²) in [6, 6.07) is 0.631. The number of amidine groups is 1. The zero-order valence-electron chi connectivity index (χ0n) is 11.2. The highest BCUT2D eigenvalue weighted by molar-refractivity contribution is 5.85. The molecule has 1 heterocycles. The van der Waals surface area contributed by atoms with Crippen LogP contribution in [0.4, 0.5) is 0 Å². The maximum Gasteiger partial charge on any atom is 0.144 e. The van der Waals surface area contributed by atoms with Crippen LogP contribution in [0.15, 0.2) is 5.16 Å². The van der Waals surface area contributed by atoms with Crippen molar-refractivity contribution >= 4 is 5.84 Å². The molecule has 0 saturated carbocycles. The molecule has 0 aromatic heterocycles. The quantitative estimate of drug-likeness (QED) is 0.212. The molecule has 1 aliphatic heterocycles. The van der Waals surface area contributed by atoms with Gasteiger partial charge in [-0.3, -0.25) is 0 Å². The lowest BCUT2D eigenvalue weighted by Gasteiger charge is -2.23. The van der Waals surface area contributed by atoms with Gasteiger partial charge in [-0.1, -0.05) is 19.0 Å². The van der Waals surface area contributed by atoms with Gasteiger partial charge in [-0.2, -0.15) is 0 Å². The third-order valence-electron chi connectivity index (χ3n) is 3.60. The van der Waals surface area contributed by atoms with Gasteiger partial charge in [0.25, 0.3) is 0 Å². The zero-order valence-corrected chi connectivity index (χ0v) is 11.2. The molecule has 1 rings (SSSR count). The lowest BCUT2D eigenvalue weighted by atomic mass is 9.86. The average molecular weight is 242 g/mol. The largest absolute Gasteiger partial charge is 0.409 e. The number of hydrogen-bond donors (Lipinski definition) is 3. The van der Waals surface area contributed by atoms with Crippen molar-refractivity contribution in [2.45, 2.75) is 39.2 Å². The first-order valence-corrected chi connectivity index (χ1v) is 6.35. The van der Waals surface area contributed by atoms with Gasteiger partial charge in [0.2, 0.25) is 0 Å². The second-order valence-electron chi connectivity index (χ2n) is 5.67. The summed E-state index contributed by atoms with van der Waals surface area (Å²) in [5.41, 5.74) is 5.43. The predicted octanol–water partition coefficient (Wildman–Crippen LogP) is 0.833. The Balaban J connectivity index is 2.16. The Hall–Kier alpha value is -0.810. The molecule has 1 atom stereocenters. The summed E-state index contributed by atoms with van der Waals surface area (Å²) in [6.45, 7) is 7.34. The molecular weight excluding hydrogens is 216 g/mol. The van der Waals surface area contributed by atoms with E-state index >= 15 is 0 Å². The van der Waals surface area contributed by atoms with Crippen LogP contribution in [0.3, 0.4) is 0 Å². The van der Waals surface area contributed by atoms with Crippen LogP contribution in [-0.4, -0.2) is 48.7 Å². The van der Waals surface area contributed by atoms with Crippen molar-refractivity contribution in [3.8, 4) is 0 Å². The number of likely N-dealkylation sites (N-methyl/N-ethyl adjacent to an activating group) is 1. The van der Waals surface area contributed by atoms with E-state index < -0.39 is 0 Å². The third-order valence-corrected chi connectivity index (χ3v) is 3.60. The van der Waals surface area contributed by atoms with Gasteiger partial charge < -0.3 is 21.2 Å². The molecule has 100 valence electrons. The maximum atomic E-state index is 8.67. The molecule has 1 fully saturated rings. The summed E-state index contributed by atoms with van der Waals surface area (Å²) in [7, 11) is 2.16. The number of oxime groups is 1. The van der Waals surface area contributed by atoms with E-state index in [2.05, 4.69) is 22.4 Å². The number of nitrogens with zero attached hydrogens (tertiary/aromatic N) is 2. The van der Waals surface area contributed by atoms with Crippen LogP contribution < -0.4 is 11.1 Å². The van der Waals surface area contributed by atoms with Crippen LogP contribution in [0, 0.1) is 5.41 Å². The van der Waals surface area contributed by atoms with Crippen molar-refractivity contribution in [3.63, 3.8) is 0 Å². The standard InChI is InChI=1S/C12H26N4O/c1-12(2,11(13)15-17)6-4-7-14-10-5-8-16(3)9-10/h10,14,17H,4-9H2,1-3H3,(H2,13,15). The second kappa shape index (κ2) is 6.21. The fourth-order valence-corrected chi connectivity index (χ4v) is 2.20. The number of nitrogens with one attached hydrogen (secondary N) is 1. The molecule has 0 amide bonds. The Morgan fingerprint density at radius 2 is 2.29 bits per heavy atom. The lowest BCUT2D eigenvalue weighted by molar-refractivity contribution is 0.304. The Kier molecular flexibility index (Phi) is 5.21. The summed E-state index contributed by atoms with van der Waals surface area (Å²) in [5, 5.41) is 15.3. The van der Waals surface area contributed by atoms with Crippen molar-refractivity contribution in [1.82, 2.24) is 10.2 Å². The van der Waals surface area contributed by atoms with Crippen molar-refractivity contribution in [3.05, 3.63) is 0 Å². The molecule has 1 unspecified atom stereocenters. The molecule has 4 N–H and O–H groups in total. The molecular formula is C12H26N4O. The predicted molar refractivity (Wildman–Crippen MR) is 70.3 cm³/mol. The van der Waals surface area contributed by atoms with Crippen LogP contribution in [0.5, 0.6) is 0 Å². The Morgan fingerprint density at radius 3 is 2.82 bits per heavy atom. The highest BCUT2D eigenvalue weighted by atomic mass is 16.4. The van der Waals surface area contributed by atoms with Crippen molar-refractivity contribution in [2.24, 2.45) is 16.3 Å². The highest BCUT2D eigenvalue weighted by Crippen LogP contribution is 2.22. The fourth-order valence-electron chi connectivity index (χ4n) is 2.20. The molecule has 0 spiro atoms. The van der Waals surface area contributed by atoms with Crippen LogP contribution >= 0.6 is 0 Å². The number of rotatable bonds is 6. The monoisotopic (exact) mass is 242 g/mol. The molecule has 1 saturated heterocycles. The van der Waals surface area contributed by atoms with Gasteiger partial charge in [0.05, 0.1) is 0 Å². The van der Waals surface area contributed by atoms with E-state index in [-0.39, 0.29) is 5.41 Å². The maximum absolute atomic E-state index is 8.67. The van der Waals surface area contributed by atoms with Crippen molar-refractivity contribution < 1.29 is 5.21 Å². The van der Waals surface area contributed by atoms with E-state index in [1.807, 2.05) is 13.8 Å². The molecule has 5 nitrogen and oxygen atoms in total. The topological polar surface area (TPSA) is 73.9 Å². The van der Waals surface area contributed by atoms with Gasteiger partial charge in [-0.15, -0.1) is 0 Å². The molecule has 0 aliphatic carbocycles. The molecule has 0 aromatic carbocycles. The molecule has 17 heavy (non-hydrogen) atoms. The SMILES string of the molecule is CN1CCC(NCCCC(C)(C)C(N)=NO)C1. The first kappa shape index (κ1) is 14.3. The average Bonchev–Trinajstić information content (AvgIpc) is 2.69. The number of nitrogens with two attached hydrogens (primary N) is 1. The minimum Gasteiger partial charge on any atom is -0.409 e. The normalized spacial score (nSPS) is 23.2. The summed E-state index contributed by atoms with van der Waals surface area (Å²) >= 11 is 0.